The van der Waals surface area contributed by atoms with Crippen LogP contribution in [0.25, 0.3) is 21.5 Å². The summed E-state index contributed by atoms with van der Waals surface area (Å²) in [5, 5.41) is 15.6. The zero-order chi connectivity index (χ0) is 23.5. The van der Waals surface area contributed by atoms with Crippen molar-refractivity contribution in [3.63, 3.8) is 0 Å². The quantitative estimate of drug-likeness (QED) is 0.277. The fourth-order valence-corrected chi connectivity index (χ4v) is 6.16. The van der Waals surface area contributed by atoms with Crippen LogP contribution >= 0.6 is 22.7 Å². The van der Waals surface area contributed by atoms with Gasteiger partial charge in [0.2, 0.25) is 0 Å². The number of fused-ring (bicyclic) bond motifs is 2. The number of nitrogens with one attached hydrogen (secondary N) is 1. The Kier molecular flexibility index (Phi) is 6.39. The van der Waals surface area contributed by atoms with Gasteiger partial charge in [0.05, 0.1) is 27.2 Å². The van der Waals surface area contributed by atoms with Crippen molar-refractivity contribution in [2.24, 2.45) is 0 Å². The van der Waals surface area contributed by atoms with Gasteiger partial charge in [0.25, 0.3) is 5.91 Å². The lowest BCUT2D eigenvalue weighted by atomic mass is 10.1. The highest BCUT2D eigenvalue weighted by Crippen LogP contribution is 2.37. The highest BCUT2D eigenvalue weighted by molar-refractivity contribution is 7.16. The lowest BCUT2D eigenvalue weighted by Gasteiger charge is -2.09. The maximum absolute atomic E-state index is 13.0. The van der Waals surface area contributed by atoms with Gasteiger partial charge in [0, 0.05) is 10.3 Å². The van der Waals surface area contributed by atoms with Crippen molar-refractivity contribution in [2.75, 3.05) is 11.9 Å². The standard InChI is InChI=1S/C26H21N3O3S2/c27-14-19-17-8-2-1-3-10-22(17)34-25(19)29-24(30)15-32-26(31)18-13-21(23-11-6-12-33-23)28-20-9-5-4-7-16(18)20/h4-7,9,11-13H,1-3,8,10,15H2,(H,29,30). The van der Waals surface area contributed by atoms with Crippen LogP contribution in [-0.4, -0.2) is 23.5 Å². The van der Waals surface area contributed by atoms with Gasteiger partial charge in [-0.05, 0) is 54.8 Å². The van der Waals surface area contributed by atoms with E-state index in [2.05, 4.69) is 16.4 Å². The van der Waals surface area contributed by atoms with Crippen LogP contribution in [0.3, 0.4) is 0 Å². The minimum Gasteiger partial charge on any atom is -0.452 e. The smallest absolute Gasteiger partial charge is 0.339 e. The fraction of sp³-hybridized carbons (Fsp3) is 0.231. The number of esters is 1. The molecule has 0 bridgehead atoms. The molecule has 1 aliphatic rings. The van der Waals surface area contributed by atoms with E-state index < -0.39 is 18.5 Å². The Labute approximate surface area is 204 Å². The van der Waals surface area contributed by atoms with Crippen molar-refractivity contribution in [3.05, 3.63) is 69.4 Å². The van der Waals surface area contributed by atoms with Crippen LogP contribution in [0.1, 0.15) is 45.6 Å². The molecule has 3 aromatic heterocycles. The third kappa shape index (κ3) is 4.45. The zero-order valence-corrected chi connectivity index (χ0v) is 19.9. The molecule has 1 aromatic carbocycles. The predicted molar refractivity (Wildman–Crippen MR) is 134 cm³/mol. The van der Waals surface area contributed by atoms with Gasteiger partial charge in [0.15, 0.2) is 6.61 Å². The maximum atomic E-state index is 13.0. The minimum atomic E-state index is -0.589. The first kappa shape index (κ1) is 22.3. The van der Waals surface area contributed by atoms with Gasteiger partial charge in [-0.3, -0.25) is 4.79 Å². The number of anilines is 1. The summed E-state index contributed by atoms with van der Waals surface area (Å²) in [6.07, 6.45) is 5.10. The van der Waals surface area contributed by atoms with Gasteiger partial charge in [-0.25, -0.2) is 9.78 Å². The number of hydrogen-bond donors (Lipinski definition) is 1. The van der Waals surface area contributed by atoms with E-state index in [0.717, 1.165) is 42.5 Å². The number of aromatic nitrogens is 1. The molecule has 5 rings (SSSR count). The molecule has 0 spiro atoms. The molecule has 0 saturated carbocycles. The highest BCUT2D eigenvalue weighted by atomic mass is 32.1. The second kappa shape index (κ2) is 9.75. The van der Waals surface area contributed by atoms with E-state index in [1.165, 1.54) is 27.6 Å². The van der Waals surface area contributed by atoms with E-state index in [9.17, 15) is 14.9 Å². The van der Waals surface area contributed by atoms with Crippen molar-refractivity contribution in [3.8, 4) is 16.6 Å². The molecule has 4 aromatic rings. The van der Waals surface area contributed by atoms with E-state index in [1.54, 1.807) is 6.07 Å². The Morgan fingerprint density at radius 1 is 1.12 bits per heavy atom. The molecule has 0 aliphatic heterocycles. The molecule has 8 heteroatoms. The van der Waals surface area contributed by atoms with E-state index in [4.69, 9.17) is 4.74 Å². The first-order valence-electron chi connectivity index (χ1n) is 11.1. The van der Waals surface area contributed by atoms with Gasteiger partial charge in [-0.2, -0.15) is 5.26 Å². The molecule has 0 fully saturated rings. The molecule has 1 aliphatic carbocycles. The van der Waals surface area contributed by atoms with Gasteiger partial charge < -0.3 is 10.1 Å². The number of aryl methyl sites for hydroxylation is 1. The summed E-state index contributed by atoms with van der Waals surface area (Å²) in [5.41, 5.74) is 3.33. The molecular weight excluding hydrogens is 466 g/mol. The van der Waals surface area contributed by atoms with Gasteiger partial charge >= 0.3 is 5.97 Å². The number of carbonyl (C=O) groups excluding carboxylic acids is 2. The summed E-state index contributed by atoms with van der Waals surface area (Å²) in [6.45, 7) is -0.433. The highest BCUT2D eigenvalue weighted by Gasteiger charge is 2.22. The SMILES string of the molecule is N#Cc1c(NC(=O)COC(=O)c2cc(-c3cccs3)nc3ccccc23)sc2c1CCCCC2. The molecule has 6 nitrogen and oxygen atoms in total. The van der Waals surface area contributed by atoms with E-state index in [-0.39, 0.29) is 0 Å². The monoisotopic (exact) mass is 487 g/mol. The second-order valence-electron chi connectivity index (χ2n) is 8.05. The number of amides is 1. The lowest BCUT2D eigenvalue weighted by Crippen LogP contribution is -2.21. The number of ether oxygens (including phenoxy) is 1. The third-order valence-corrected chi connectivity index (χ3v) is 7.93. The largest absolute Gasteiger partial charge is 0.452 e. The fourth-order valence-electron chi connectivity index (χ4n) is 4.22. The minimum absolute atomic E-state index is 0.363. The number of rotatable bonds is 5. The molecule has 0 saturated heterocycles. The number of para-hydroxylation sites is 1. The number of thiophene rings is 2. The van der Waals surface area contributed by atoms with Crippen LogP contribution in [0.2, 0.25) is 0 Å². The molecule has 34 heavy (non-hydrogen) atoms. The summed E-state index contributed by atoms with van der Waals surface area (Å²) in [7, 11) is 0. The normalized spacial score (nSPS) is 13.0. The second-order valence-corrected chi connectivity index (χ2v) is 10.1. The number of nitriles is 1. The molecule has 3 heterocycles. The van der Waals surface area contributed by atoms with Crippen LogP contribution in [0.15, 0.2) is 47.8 Å². The van der Waals surface area contributed by atoms with Crippen LogP contribution < -0.4 is 5.32 Å². The summed E-state index contributed by atoms with van der Waals surface area (Å²) in [4.78, 5) is 32.4. The number of nitrogens with zero attached hydrogens (tertiary/aromatic N) is 2. The average Bonchev–Trinajstić information content (AvgIpc) is 3.44. The van der Waals surface area contributed by atoms with Crippen molar-refractivity contribution in [1.29, 1.82) is 5.26 Å². The lowest BCUT2D eigenvalue weighted by molar-refractivity contribution is -0.119. The first-order chi connectivity index (χ1) is 16.6. The number of carbonyl (C=O) groups is 2. The molecule has 0 unspecified atom stereocenters. The van der Waals surface area contributed by atoms with Crippen LogP contribution in [0, 0.1) is 11.3 Å². The topological polar surface area (TPSA) is 92.1 Å². The van der Waals surface area contributed by atoms with E-state index >= 15 is 0 Å². The van der Waals surface area contributed by atoms with Crippen molar-refractivity contribution >= 4 is 50.5 Å². The van der Waals surface area contributed by atoms with Crippen molar-refractivity contribution in [1.82, 2.24) is 4.98 Å². The third-order valence-electron chi connectivity index (χ3n) is 5.83. The van der Waals surface area contributed by atoms with Crippen LogP contribution in [-0.2, 0) is 22.4 Å². The molecule has 0 radical (unpaired) electrons. The van der Waals surface area contributed by atoms with Gasteiger partial charge in [-0.1, -0.05) is 30.7 Å². The number of hydrogen-bond acceptors (Lipinski definition) is 7. The molecule has 1 N–H and O–H groups in total. The Bertz CT molecular complexity index is 1420. The number of pyridine rings is 1. The average molecular weight is 488 g/mol. The summed E-state index contributed by atoms with van der Waals surface area (Å²) < 4.78 is 5.38. The Hall–Kier alpha value is -3.54. The molecule has 170 valence electrons. The summed E-state index contributed by atoms with van der Waals surface area (Å²) in [5.74, 6) is -1.05. The van der Waals surface area contributed by atoms with Crippen LogP contribution in [0.4, 0.5) is 5.00 Å². The molecular formula is C26H21N3O3S2. The van der Waals surface area contributed by atoms with Gasteiger partial charge in [0.1, 0.15) is 11.1 Å². The Morgan fingerprint density at radius 3 is 2.79 bits per heavy atom. The predicted octanol–water partition coefficient (Wildman–Crippen LogP) is 5.96. The summed E-state index contributed by atoms with van der Waals surface area (Å²) in [6, 6.07) is 15.2. The van der Waals surface area contributed by atoms with E-state index in [1.807, 2.05) is 41.8 Å². The zero-order valence-electron chi connectivity index (χ0n) is 18.3. The molecule has 1 amide bonds. The first-order valence-corrected chi connectivity index (χ1v) is 12.8. The Balaban J connectivity index is 1.33. The number of benzene rings is 1. The maximum Gasteiger partial charge on any atom is 0.339 e. The van der Waals surface area contributed by atoms with E-state index in [0.29, 0.717) is 32.7 Å². The van der Waals surface area contributed by atoms with Gasteiger partial charge in [-0.15, -0.1) is 22.7 Å². The Morgan fingerprint density at radius 2 is 1.97 bits per heavy atom. The van der Waals surface area contributed by atoms with Crippen molar-refractivity contribution in [2.45, 2.75) is 32.1 Å². The van der Waals surface area contributed by atoms with Crippen molar-refractivity contribution < 1.29 is 14.3 Å². The van der Waals surface area contributed by atoms with Crippen LogP contribution in [0.5, 0.6) is 0 Å². The summed E-state index contributed by atoms with van der Waals surface area (Å²) >= 11 is 3.00. The molecule has 0 atom stereocenters.